The van der Waals surface area contributed by atoms with Crippen LogP contribution in [0.4, 0.5) is 0 Å². The van der Waals surface area contributed by atoms with Crippen molar-refractivity contribution in [1.29, 1.82) is 0 Å². The molecule has 1 amide bonds. The Bertz CT molecular complexity index is 222. The molecule has 1 unspecified atom stereocenters. The van der Waals surface area contributed by atoms with Crippen LogP contribution in [0, 0.1) is 17.8 Å². The fourth-order valence-electron chi connectivity index (χ4n) is 2.44. The molecule has 0 aromatic carbocycles. The van der Waals surface area contributed by atoms with Gasteiger partial charge in [-0.25, -0.2) is 0 Å². The number of rotatable bonds is 6. The molecule has 0 aliphatic carbocycles. The van der Waals surface area contributed by atoms with Crippen LogP contribution >= 0.6 is 0 Å². The number of carbonyl (C=O) groups is 1. The molecule has 0 saturated carbocycles. The van der Waals surface area contributed by atoms with Crippen molar-refractivity contribution >= 4 is 5.91 Å². The van der Waals surface area contributed by atoms with Gasteiger partial charge in [-0.1, -0.05) is 20.8 Å². The van der Waals surface area contributed by atoms with E-state index in [9.17, 15) is 4.79 Å². The molecule has 0 aromatic rings. The third kappa shape index (κ3) is 6.06. The molecular weight excluding hydrogens is 212 g/mol. The lowest BCUT2D eigenvalue weighted by atomic mass is 9.84. The van der Waals surface area contributed by atoms with Crippen LogP contribution in [0.15, 0.2) is 0 Å². The highest BCUT2D eigenvalue weighted by Crippen LogP contribution is 2.24. The Labute approximate surface area is 106 Å². The van der Waals surface area contributed by atoms with Crippen LogP contribution in [-0.2, 0) is 4.79 Å². The van der Waals surface area contributed by atoms with E-state index in [0.29, 0.717) is 18.3 Å². The van der Waals surface area contributed by atoms with Crippen molar-refractivity contribution in [2.75, 3.05) is 19.6 Å². The fraction of sp³-hybridized carbons (Fsp3) is 0.929. The van der Waals surface area contributed by atoms with E-state index in [4.69, 9.17) is 0 Å². The summed E-state index contributed by atoms with van der Waals surface area (Å²) in [6.07, 6.45) is 4.22. The molecule has 17 heavy (non-hydrogen) atoms. The largest absolute Gasteiger partial charge is 0.356 e. The summed E-state index contributed by atoms with van der Waals surface area (Å²) in [5.41, 5.74) is 0. The maximum Gasteiger partial charge on any atom is 0.220 e. The van der Waals surface area contributed by atoms with E-state index >= 15 is 0 Å². The maximum atomic E-state index is 11.8. The first-order valence-electron chi connectivity index (χ1n) is 7.07. The molecule has 0 radical (unpaired) electrons. The second-order valence-electron chi connectivity index (χ2n) is 5.80. The summed E-state index contributed by atoms with van der Waals surface area (Å²) in [6.45, 7) is 9.65. The van der Waals surface area contributed by atoms with Crippen molar-refractivity contribution in [3.8, 4) is 0 Å². The van der Waals surface area contributed by atoms with Crippen LogP contribution in [0.1, 0.15) is 46.5 Å². The predicted octanol–water partition coefficient (Wildman–Crippen LogP) is 2.17. The number of amides is 1. The van der Waals surface area contributed by atoms with Gasteiger partial charge in [-0.05, 0) is 50.1 Å². The SMILES string of the molecule is CC(C)CCNC(=O)CC(C)C1CCNCC1. The van der Waals surface area contributed by atoms with Gasteiger partial charge in [0.05, 0.1) is 0 Å². The summed E-state index contributed by atoms with van der Waals surface area (Å²) in [5, 5.41) is 6.40. The van der Waals surface area contributed by atoms with Crippen LogP contribution in [-0.4, -0.2) is 25.5 Å². The van der Waals surface area contributed by atoms with E-state index in [1.165, 1.54) is 12.8 Å². The standard InChI is InChI=1S/C14H28N2O/c1-11(2)4-9-16-14(17)10-12(3)13-5-7-15-8-6-13/h11-13,15H,4-10H2,1-3H3,(H,16,17). The van der Waals surface area contributed by atoms with Crippen LogP contribution in [0.3, 0.4) is 0 Å². The summed E-state index contributed by atoms with van der Waals surface area (Å²) in [7, 11) is 0. The Balaban J connectivity index is 2.15. The smallest absolute Gasteiger partial charge is 0.220 e. The van der Waals surface area contributed by atoms with Gasteiger partial charge in [0.1, 0.15) is 0 Å². The van der Waals surface area contributed by atoms with Crippen molar-refractivity contribution in [1.82, 2.24) is 10.6 Å². The van der Waals surface area contributed by atoms with Crippen LogP contribution in [0.2, 0.25) is 0 Å². The molecule has 3 heteroatoms. The zero-order chi connectivity index (χ0) is 12.7. The van der Waals surface area contributed by atoms with Crippen LogP contribution in [0.25, 0.3) is 0 Å². The topological polar surface area (TPSA) is 41.1 Å². The molecule has 1 rings (SSSR count). The van der Waals surface area contributed by atoms with Gasteiger partial charge in [0.25, 0.3) is 0 Å². The number of hydrogen-bond donors (Lipinski definition) is 2. The van der Waals surface area contributed by atoms with Gasteiger partial charge in [-0.2, -0.15) is 0 Å². The molecule has 100 valence electrons. The van der Waals surface area contributed by atoms with E-state index in [1.807, 2.05) is 0 Å². The number of nitrogens with one attached hydrogen (secondary N) is 2. The minimum Gasteiger partial charge on any atom is -0.356 e. The molecule has 0 aromatic heterocycles. The van der Waals surface area contributed by atoms with Gasteiger partial charge in [0.2, 0.25) is 5.91 Å². The first-order chi connectivity index (χ1) is 8.09. The lowest BCUT2D eigenvalue weighted by molar-refractivity contribution is -0.122. The highest BCUT2D eigenvalue weighted by atomic mass is 16.1. The zero-order valence-corrected chi connectivity index (χ0v) is 11.6. The first-order valence-corrected chi connectivity index (χ1v) is 7.07. The van der Waals surface area contributed by atoms with E-state index < -0.39 is 0 Å². The zero-order valence-electron chi connectivity index (χ0n) is 11.6. The van der Waals surface area contributed by atoms with Crippen LogP contribution in [0.5, 0.6) is 0 Å². The first kappa shape index (κ1) is 14.5. The second-order valence-corrected chi connectivity index (χ2v) is 5.80. The summed E-state index contributed by atoms with van der Waals surface area (Å²) >= 11 is 0. The van der Waals surface area contributed by atoms with Gasteiger partial charge in [0, 0.05) is 13.0 Å². The molecule has 1 aliphatic heterocycles. The van der Waals surface area contributed by atoms with Crippen molar-refractivity contribution in [2.45, 2.75) is 46.5 Å². The van der Waals surface area contributed by atoms with E-state index in [0.717, 1.165) is 32.0 Å². The third-order valence-electron chi connectivity index (χ3n) is 3.74. The number of carbonyl (C=O) groups excluding carboxylic acids is 1. The molecule has 2 N–H and O–H groups in total. The maximum absolute atomic E-state index is 11.8. The third-order valence-corrected chi connectivity index (χ3v) is 3.74. The second kappa shape index (κ2) is 7.70. The number of hydrogen-bond acceptors (Lipinski definition) is 2. The molecule has 1 aliphatic rings. The molecule has 1 fully saturated rings. The van der Waals surface area contributed by atoms with Crippen molar-refractivity contribution < 1.29 is 4.79 Å². The van der Waals surface area contributed by atoms with Crippen molar-refractivity contribution in [3.63, 3.8) is 0 Å². The Morgan fingerprint density at radius 1 is 1.29 bits per heavy atom. The van der Waals surface area contributed by atoms with Gasteiger partial charge in [0.15, 0.2) is 0 Å². The van der Waals surface area contributed by atoms with E-state index in [2.05, 4.69) is 31.4 Å². The Kier molecular flexibility index (Phi) is 6.56. The normalized spacial score (nSPS) is 19.3. The van der Waals surface area contributed by atoms with Crippen molar-refractivity contribution in [2.24, 2.45) is 17.8 Å². The van der Waals surface area contributed by atoms with Crippen molar-refractivity contribution in [3.05, 3.63) is 0 Å². The summed E-state index contributed by atoms with van der Waals surface area (Å²) in [5.74, 6) is 2.15. The monoisotopic (exact) mass is 240 g/mol. The molecule has 1 heterocycles. The summed E-state index contributed by atoms with van der Waals surface area (Å²) < 4.78 is 0. The molecule has 3 nitrogen and oxygen atoms in total. The Morgan fingerprint density at radius 2 is 1.94 bits per heavy atom. The van der Waals surface area contributed by atoms with Gasteiger partial charge >= 0.3 is 0 Å². The predicted molar refractivity (Wildman–Crippen MR) is 71.8 cm³/mol. The fourth-order valence-corrected chi connectivity index (χ4v) is 2.44. The highest BCUT2D eigenvalue weighted by Gasteiger charge is 2.21. The number of piperidine rings is 1. The average molecular weight is 240 g/mol. The Morgan fingerprint density at radius 3 is 2.53 bits per heavy atom. The summed E-state index contributed by atoms with van der Waals surface area (Å²) in [4.78, 5) is 11.8. The lowest BCUT2D eigenvalue weighted by Gasteiger charge is -2.27. The van der Waals surface area contributed by atoms with Gasteiger partial charge in [-0.3, -0.25) is 4.79 Å². The quantitative estimate of drug-likeness (QED) is 0.747. The Hall–Kier alpha value is -0.570. The highest BCUT2D eigenvalue weighted by molar-refractivity contribution is 5.76. The lowest BCUT2D eigenvalue weighted by Crippen LogP contribution is -2.33. The van der Waals surface area contributed by atoms with Gasteiger partial charge in [-0.15, -0.1) is 0 Å². The summed E-state index contributed by atoms with van der Waals surface area (Å²) in [6, 6.07) is 0. The molecular formula is C14H28N2O. The van der Waals surface area contributed by atoms with Crippen LogP contribution < -0.4 is 10.6 Å². The average Bonchev–Trinajstić information content (AvgIpc) is 2.29. The minimum absolute atomic E-state index is 0.233. The molecule has 0 bridgehead atoms. The minimum atomic E-state index is 0.233. The van der Waals surface area contributed by atoms with E-state index in [-0.39, 0.29) is 5.91 Å². The molecule has 0 spiro atoms. The van der Waals surface area contributed by atoms with Gasteiger partial charge < -0.3 is 10.6 Å². The molecule has 1 saturated heterocycles. The molecule has 1 atom stereocenters. The van der Waals surface area contributed by atoms with E-state index in [1.54, 1.807) is 0 Å².